The molecule has 0 heterocycles. The van der Waals surface area contributed by atoms with Gasteiger partial charge in [-0.1, -0.05) is 58.9 Å². The average molecular weight is 266 g/mol. The van der Waals surface area contributed by atoms with Crippen molar-refractivity contribution >= 4 is 15.9 Å². The van der Waals surface area contributed by atoms with Crippen molar-refractivity contribution in [2.45, 2.75) is 6.54 Å². The van der Waals surface area contributed by atoms with Crippen molar-refractivity contribution in [3.8, 4) is 0 Å². The summed E-state index contributed by atoms with van der Waals surface area (Å²) >= 11 is 3.39. The molecule has 0 radical (unpaired) electrons. The van der Waals surface area contributed by atoms with Gasteiger partial charge in [0.15, 0.2) is 0 Å². The molecule has 80 valence electrons. The molecule has 0 fully saturated rings. The minimum atomic E-state index is 0.848. The van der Waals surface area contributed by atoms with Crippen LogP contribution in [-0.2, 0) is 6.54 Å². The number of hydrogen-bond donors (Lipinski definition) is 0. The maximum atomic E-state index is 3.86. The zero-order valence-corrected chi connectivity index (χ0v) is 10.4. The van der Waals surface area contributed by atoms with Gasteiger partial charge in [0, 0.05) is 24.1 Å². The van der Waals surface area contributed by atoms with E-state index in [-0.39, 0.29) is 0 Å². The number of hydrogen-bond acceptors (Lipinski definition) is 1. The molecule has 0 aliphatic heterocycles. The van der Waals surface area contributed by atoms with Gasteiger partial charge in [-0.25, -0.2) is 0 Å². The summed E-state index contributed by atoms with van der Waals surface area (Å²) in [4.78, 5) is 2.28. The van der Waals surface area contributed by atoms with E-state index in [9.17, 15) is 0 Å². The Hall–Kier alpha value is -0.860. The lowest BCUT2D eigenvalue weighted by molar-refractivity contribution is 0.326. The SMILES string of the molecule is C=CCN(CC(=C)Br)Cc1ccccc1. The predicted molar refractivity (Wildman–Crippen MR) is 70.0 cm³/mol. The topological polar surface area (TPSA) is 3.24 Å². The second-order valence-electron chi connectivity index (χ2n) is 3.46. The smallest absolute Gasteiger partial charge is 0.0300 e. The second kappa shape index (κ2) is 6.59. The first-order chi connectivity index (χ1) is 7.22. The normalized spacial score (nSPS) is 10.3. The van der Waals surface area contributed by atoms with Gasteiger partial charge < -0.3 is 0 Å². The molecule has 0 spiro atoms. The van der Waals surface area contributed by atoms with Gasteiger partial charge in [0.25, 0.3) is 0 Å². The van der Waals surface area contributed by atoms with E-state index in [0.29, 0.717) is 0 Å². The van der Waals surface area contributed by atoms with E-state index in [2.05, 4.69) is 58.3 Å². The Bertz CT molecular complexity index is 319. The molecule has 0 aliphatic carbocycles. The summed E-state index contributed by atoms with van der Waals surface area (Å²) in [6.07, 6.45) is 1.92. The lowest BCUT2D eigenvalue weighted by atomic mass is 10.2. The van der Waals surface area contributed by atoms with Crippen molar-refractivity contribution in [2.75, 3.05) is 13.1 Å². The summed E-state index contributed by atoms with van der Waals surface area (Å²) in [5, 5.41) is 0. The maximum Gasteiger partial charge on any atom is 0.0300 e. The van der Waals surface area contributed by atoms with E-state index < -0.39 is 0 Å². The molecule has 1 rings (SSSR count). The van der Waals surface area contributed by atoms with Crippen LogP contribution in [0, 0.1) is 0 Å². The number of benzene rings is 1. The molecule has 15 heavy (non-hydrogen) atoms. The second-order valence-corrected chi connectivity index (χ2v) is 4.58. The lowest BCUT2D eigenvalue weighted by Gasteiger charge is -2.20. The van der Waals surface area contributed by atoms with Crippen LogP contribution in [0.15, 0.2) is 54.0 Å². The van der Waals surface area contributed by atoms with E-state index in [1.54, 1.807) is 0 Å². The molecular formula is C13H16BrN. The third kappa shape index (κ3) is 4.96. The first kappa shape index (κ1) is 12.2. The summed E-state index contributed by atoms with van der Waals surface area (Å²) in [7, 11) is 0. The van der Waals surface area contributed by atoms with Gasteiger partial charge >= 0.3 is 0 Å². The summed E-state index contributed by atoms with van der Waals surface area (Å²) in [6.45, 7) is 10.3. The maximum absolute atomic E-state index is 3.86. The lowest BCUT2D eigenvalue weighted by Crippen LogP contribution is -2.24. The highest BCUT2D eigenvalue weighted by Crippen LogP contribution is 2.09. The van der Waals surface area contributed by atoms with Crippen molar-refractivity contribution in [2.24, 2.45) is 0 Å². The fraction of sp³-hybridized carbons (Fsp3) is 0.231. The summed E-state index contributed by atoms with van der Waals surface area (Å²) < 4.78 is 1.00. The van der Waals surface area contributed by atoms with Gasteiger partial charge in [0.2, 0.25) is 0 Å². The van der Waals surface area contributed by atoms with Crippen LogP contribution in [0.4, 0.5) is 0 Å². The first-order valence-electron chi connectivity index (χ1n) is 4.93. The van der Waals surface area contributed by atoms with Gasteiger partial charge in [0.05, 0.1) is 0 Å². The van der Waals surface area contributed by atoms with Gasteiger partial charge in [0.1, 0.15) is 0 Å². The Morgan fingerprint density at radius 3 is 2.53 bits per heavy atom. The molecule has 2 heteroatoms. The minimum Gasteiger partial charge on any atom is -0.291 e. The molecule has 0 saturated heterocycles. The Morgan fingerprint density at radius 2 is 2.00 bits per heavy atom. The third-order valence-electron chi connectivity index (χ3n) is 2.03. The van der Waals surface area contributed by atoms with E-state index in [1.807, 2.05) is 12.1 Å². The Morgan fingerprint density at radius 1 is 1.33 bits per heavy atom. The van der Waals surface area contributed by atoms with Crippen molar-refractivity contribution < 1.29 is 0 Å². The predicted octanol–water partition coefficient (Wildman–Crippen LogP) is 3.58. The molecule has 0 saturated carbocycles. The Balaban J connectivity index is 2.58. The standard InChI is InChI=1S/C13H16BrN/c1-3-9-15(10-12(2)14)11-13-7-5-4-6-8-13/h3-8H,1-2,9-11H2. The van der Waals surface area contributed by atoms with Crippen LogP contribution in [0.25, 0.3) is 0 Å². The van der Waals surface area contributed by atoms with Crippen LogP contribution >= 0.6 is 15.9 Å². The molecule has 0 amide bonds. The van der Waals surface area contributed by atoms with Crippen LogP contribution in [0.3, 0.4) is 0 Å². The summed E-state index contributed by atoms with van der Waals surface area (Å²) in [6, 6.07) is 10.4. The quantitative estimate of drug-likeness (QED) is 0.711. The van der Waals surface area contributed by atoms with Gasteiger partial charge in [-0.15, -0.1) is 6.58 Å². The van der Waals surface area contributed by atoms with Crippen LogP contribution in [0.1, 0.15) is 5.56 Å². The highest BCUT2D eigenvalue weighted by molar-refractivity contribution is 9.11. The van der Waals surface area contributed by atoms with Gasteiger partial charge in [-0.05, 0) is 5.56 Å². The monoisotopic (exact) mass is 265 g/mol. The van der Waals surface area contributed by atoms with Crippen LogP contribution in [0.2, 0.25) is 0 Å². The van der Waals surface area contributed by atoms with Crippen LogP contribution < -0.4 is 0 Å². The van der Waals surface area contributed by atoms with Gasteiger partial charge in [-0.2, -0.15) is 0 Å². The zero-order valence-electron chi connectivity index (χ0n) is 8.82. The molecule has 0 aromatic heterocycles. The fourth-order valence-electron chi connectivity index (χ4n) is 1.45. The summed E-state index contributed by atoms with van der Waals surface area (Å²) in [5.41, 5.74) is 1.31. The van der Waals surface area contributed by atoms with E-state index in [1.165, 1.54) is 5.56 Å². The van der Waals surface area contributed by atoms with Crippen LogP contribution in [0.5, 0.6) is 0 Å². The molecule has 1 nitrogen and oxygen atoms in total. The Labute approximate surface area is 100 Å². The molecule has 0 aliphatic rings. The largest absolute Gasteiger partial charge is 0.291 e. The molecule has 0 bridgehead atoms. The van der Waals surface area contributed by atoms with Crippen molar-refractivity contribution in [1.29, 1.82) is 0 Å². The number of halogens is 1. The molecular weight excluding hydrogens is 250 g/mol. The molecule has 0 atom stereocenters. The molecule has 0 unspecified atom stereocenters. The highest BCUT2D eigenvalue weighted by Gasteiger charge is 2.04. The summed E-state index contributed by atoms with van der Waals surface area (Å²) in [5.74, 6) is 0. The van der Waals surface area contributed by atoms with E-state index in [4.69, 9.17) is 0 Å². The minimum absolute atomic E-state index is 0.848. The van der Waals surface area contributed by atoms with Crippen molar-refractivity contribution in [3.05, 3.63) is 59.6 Å². The third-order valence-corrected chi connectivity index (χ3v) is 2.28. The zero-order chi connectivity index (χ0) is 11.1. The van der Waals surface area contributed by atoms with E-state index >= 15 is 0 Å². The number of rotatable bonds is 6. The number of nitrogens with zero attached hydrogens (tertiary/aromatic N) is 1. The van der Waals surface area contributed by atoms with Crippen molar-refractivity contribution in [3.63, 3.8) is 0 Å². The Kier molecular flexibility index (Phi) is 5.37. The van der Waals surface area contributed by atoms with Gasteiger partial charge in [-0.3, -0.25) is 4.90 Å². The highest BCUT2D eigenvalue weighted by atomic mass is 79.9. The molecule has 1 aromatic carbocycles. The molecule has 0 N–H and O–H groups in total. The van der Waals surface area contributed by atoms with Crippen LogP contribution in [-0.4, -0.2) is 18.0 Å². The first-order valence-corrected chi connectivity index (χ1v) is 5.72. The average Bonchev–Trinajstić information content (AvgIpc) is 2.18. The molecule has 1 aromatic rings. The fourth-order valence-corrected chi connectivity index (χ4v) is 1.81. The van der Waals surface area contributed by atoms with Crippen molar-refractivity contribution in [1.82, 2.24) is 4.90 Å². The van der Waals surface area contributed by atoms with E-state index in [0.717, 1.165) is 24.1 Å².